The van der Waals surface area contributed by atoms with Crippen molar-refractivity contribution in [2.75, 3.05) is 7.05 Å². The number of benzene rings is 1. The molecule has 1 aliphatic carbocycles. The lowest BCUT2D eigenvalue weighted by molar-refractivity contribution is 0.463. The van der Waals surface area contributed by atoms with Crippen LogP contribution >= 0.6 is 15.9 Å². The fraction of sp³-hybridized carbons (Fsp3) is 0.500. The Balaban J connectivity index is 2.52. The molecule has 0 amide bonds. The largest absolute Gasteiger partial charge is 0.326 e. The molecule has 1 aromatic carbocycles. The van der Waals surface area contributed by atoms with E-state index in [1.807, 2.05) is 13.0 Å². The molecule has 0 bridgehead atoms. The highest BCUT2D eigenvalue weighted by molar-refractivity contribution is 9.10. The SMILES string of the molecule is Cc1cc(CN)cc(S(=O)(=O)N(C)C2CC2)c1Br. The Morgan fingerprint density at radius 2 is 2.06 bits per heavy atom. The molecule has 0 radical (unpaired) electrons. The van der Waals surface area contributed by atoms with E-state index >= 15 is 0 Å². The van der Waals surface area contributed by atoms with E-state index in [0.717, 1.165) is 24.0 Å². The summed E-state index contributed by atoms with van der Waals surface area (Å²) in [5, 5.41) is 0. The minimum Gasteiger partial charge on any atom is -0.326 e. The molecule has 0 saturated heterocycles. The highest BCUT2D eigenvalue weighted by Crippen LogP contribution is 2.34. The van der Waals surface area contributed by atoms with Gasteiger partial charge in [-0.2, -0.15) is 4.31 Å². The molecule has 1 saturated carbocycles. The van der Waals surface area contributed by atoms with E-state index in [9.17, 15) is 8.42 Å². The second-order valence-corrected chi connectivity index (χ2v) is 7.44. The van der Waals surface area contributed by atoms with Gasteiger partial charge in [-0.25, -0.2) is 8.42 Å². The minimum absolute atomic E-state index is 0.156. The number of nitrogens with zero attached hydrogens (tertiary/aromatic N) is 1. The molecule has 0 heterocycles. The molecule has 18 heavy (non-hydrogen) atoms. The molecule has 0 aliphatic heterocycles. The third kappa shape index (κ3) is 2.47. The Morgan fingerprint density at radius 3 is 2.56 bits per heavy atom. The lowest BCUT2D eigenvalue weighted by Crippen LogP contribution is -2.29. The Labute approximate surface area is 116 Å². The summed E-state index contributed by atoms with van der Waals surface area (Å²) in [6, 6.07) is 3.72. The fourth-order valence-corrected chi connectivity index (χ4v) is 4.35. The Hall–Kier alpha value is -0.430. The monoisotopic (exact) mass is 332 g/mol. The molecule has 0 aromatic heterocycles. The molecule has 2 rings (SSSR count). The molecule has 0 spiro atoms. The molecule has 100 valence electrons. The van der Waals surface area contributed by atoms with Gasteiger partial charge in [0.2, 0.25) is 10.0 Å². The van der Waals surface area contributed by atoms with Crippen LogP contribution in [0.1, 0.15) is 24.0 Å². The predicted octanol–water partition coefficient (Wildman–Crippen LogP) is 2.00. The first kappa shape index (κ1) is 14.0. The summed E-state index contributed by atoms with van der Waals surface area (Å²) < 4.78 is 27.1. The standard InChI is InChI=1S/C12H17BrN2O2S/c1-8-5-9(7-14)6-11(12(8)13)18(16,17)15(2)10-3-4-10/h5-6,10H,3-4,7,14H2,1-2H3. The van der Waals surface area contributed by atoms with Crippen molar-refractivity contribution in [3.05, 3.63) is 27.7 Å². The van der Waals surface area contributed by atoms with E-state index in [4.69, 9.17) is 5.73 Å². The first-order chi connectivity index (χ1) is 8.37. The van der Waals surface area contributed by atoms with Crippen molar-refractivity contribution in [2.24, 2.45) is 5.73 Å². The number of aryl methyl sites for hydroxylation is 1. The summed E-state index contributed by atoms with van der Waals surface area (Å²) >= 11 is 3.37. The number of hydrogen-bond donors (Lipinski definition) is 1. The molecule has 0 unspecified atom stereocenters. The number of halogens is 1. The van der Waals surface area contributed by atoms with E-state index in [0.29, 0.717) is 15.9 Å². The summed E-state index contributed by atoms with van der Waals surface area (Å²) in [7, 11) is -1.79. The van der Waals surface area contributed by atoms with Gasteiger partial charge in [-0.05, 0) is 52.9 Å². The van der Waals surface area contributed by atoms with Crippen LogP contribution in [0.5, 0.6) is 0 Å². The average molecular weight is 333 g/mol. The molecule has 1 aliphatic rings. The maximum Gasteiger partial charge on any atom is 0.244 e. The van der Waals surface area contributed by atoms with Gasteiger partial charge in [-0.1, -0.05) is 6.07 Å². The zero-order chi connectivity index (χ0) is 13.5. The highest BCUT2D eigenvalue weighted by atomic mass is 79.9. The minimum atomic E-state index is -3.43. The Kier molecular flexibility index (Phi) is 3.82. The van der Waals surface area contributed by atoms with Crippen molar-refractivity contribution in [2.45, 2.75) is 37.2 Å². The summed E-state index contributed by atoms with van der Waals surface area (Å²) in [5.41, 5.74) is 7.33. The second kappa shape index (κ2) is 4.92. The summed E-state index contributed by atoms with van der Waals surface area (Å²) in [4.78, 5) is 0.317. The number of hydrogen-bond acceptors (Lipinski definition) is 3. The van der Waals surface area contributed by atoms with Gasteiger partial charge in [0, 0.05) is 24.1 Å². The van der Waals surface area contributed by atoms with Crippen LogP contribution in [0, 0.1) is 6.92 Å². The lowest BCUT2D eigenvalue weighted by atomic mass is 10.1. The molecule has 2 N–H and O–H groups in total. The summed E-state index contributed by atoms with van der Waals surface area (Å²) in [5.74, 6) is 0. The van der Waals surface area contributed by atoms with Crippen molar-refractivity contribution < 1.29 is 8.42 Å². The van der Waals surface area contributed by atoms with Crippen LogP contribution in [0.4, 0.5) is 0 Å². The zero-order valence-corrected chi connectivity index (χ0v) is 12.9. The topological polar surface area (TPSA) is 63.4 Å². The van der Waals surface area contributed by atoms with Crippen molar-refractivity contribution in [1.82, 2.24) is 4.31 Å². The van der Waals surface area contributed by atoms with Crippen LogP contribution in [0.3, 0.4) is 0 Å². The Morgan fingerprint density at radius 1 is 1.44 bits per heavy atom. The van der Waals surface area contributed by atoms with Crippen molar-refractivity contribution in [1.29, 1.82) is 0 Å². The van der Waals surface area contributed by atoms with Crippen LogP contribution in [-0.2, 0) is 16.6 Å². The smallest absolute Gasteiger partial charge is 0.244 e. The van der Waals surface area contributed by atoms with Crippen molar-refractivity contribution in [3.8, 4) is 0 Å². The number of rotatable bonds is 4. The lowest BCUT2D eigenvalue weighted by Gasteiger charge is -2.19. The molecule has 1 aromatic rings. The molecular weight excluding hydrogens is 316 g/mol. The zero-order valence-electron chi connectivity index (χ0n) is 10.5. The first-order valence-corrected chi connectivity index (χ1v) is 8.08. The van der Waals surface area contributed by atoms with E-state index in [2.05, 4.69) is 15.9 Å². The van der Waals surface area contributed by atoms with Crippen LogP contribution in [-0.4, -0.2) is 25.8 Å². The third-order valence-electron chi connectivity index (χ3n) is 3.23. The quantitative estimate of drug-likeness (QED) is 0.917. The molecular formula is C12H17BrN2O2S. The first-order valence-electron chi connectivity index (χ1n) is 5.85. The number of sulfonamides is 1. The predicted molar refractivity (Wildman–Crippen MR) is 74.7 cm³/mol. The van der Waals surface area contributed by atoms with Gasteiger partial charge in [0.25, 0.3) is 0 Å². The number of nitrogens with two attached hydrogens (primary N) is 1. The second-order valence-electron chi connectivity index (χ2n) is 4.68. The third-order valence-corrected chi connectivity index (χ3v) is 6.48. The van der Waals surface area contributed by atoms with Gasteiger partial charge in [0.1, 0.15) is 0 Å². The maximum atomic E-state index is 12.5. The molecule has 1 fully saturated rings. The van der Waals surface area contributed by atoms with Crippen molar-refractivity contribution in [3.63, 3.8) is 0 Å². The van der Waals surface area contributed by atoms with Crippen LogP contribution < -0.4 is 5.73 Å². The van der Waals surface area contributed by atoms with Gasteiger partial charge in [0.15, 0.2) is 0 Å². The summed E-state index contributed by atoms with van der Waals surface area (Å²) in [6.07, 6.45) is 1.89. The Bertz CT molecular complexity index is 568. The van der Waals surface area contributed by atoms with Gasteiger partial charge >= 0.3 is 0 Å². The van der Waals surface area contributed by atoms with E-state index in [1.54, 1.807) is 13.1 Å². The fourth-order valence-electron chi connectivity index (χ4n) is 1.90. The maximum absolute atomic E-state index is 12.5. The molecule has 0 atom stereocenters. The highest BCUT2D eigenvalue weighted by Gasteiger charge is 2.36. The van der Waals surface area contributed by atoms with Gasteiger partial charge in [-0.15, -0.1) is 0 Å². The van der Waals surface area contributed by atoms with Crippen LogP contribution in [0.15, 0.2) is 21.5 Å². The van der Waals surface area contributed by atoms with E-state index < -0.39 is 10.0 Å². The van der Waals surface area contributed by atoms with Gasteiger partial charge < -0.3 is 5.73 Å². The van der Waals surface area contributed by atoms with E-state index in [-0.39, 0.29) is 6.04 Å². The molecule has 4 nitrogen and oxygen atoms in total. The van der Waals surface area contributed by atoms with E-state index in [1.165, 1.54) is 4.31 Å². The average Bonchev–Trinajstić information content (AvgIpc) is 3.15. The summed E-state index contributed by atoms with van der Waals surface area (Å²) in [6.45, 7) is 2.21. The normalized spacial score (nSPS) is 16.3. The van der Waals surface area contributed by atoms with Gasteiger partial charge in [-0.3, -0.25) is 0 Å². The van der Waals surface area contributed by atoms with Crippen LogP contribution in [0.2, 0.25) is 0 Å². The molecule has 6 heteroatoms. The van der Waals surface area contributed by atoms with Crippen molar-refractivity contribution >= 4 is 26.0 Å². The van der Waals surface area contributed by atoms with Gasteiger partial charge in [0.05, 0.1) is 4.90 Å². The van der Waals surface area contributed by atoms with Crippen LogP contribution in [0.25, 0.3) is 0 Å².